The zero-order valence-electron chi connectivity index (χ0n) is 10.6. The first-order valence-electron chi connectivity index (χ1n) is 5.71. The highest BCUT2D eigenvalue weighted by atomic mass is 35.5. The minimum absolute atomic E-state index is 0.265. The van der Waals surface area contributed by atoms with Crippen molar-refractivity contribution in [3.63, 3.8) is 0 Å². The molecule has 3 nitrogen and oxygen atoms in total. The molecule has 0 saturated carbocycles. The Bertz CT molecular complexity index is 662. The molecule has 2 aromatic carbocycles. The number of halogens is 2. The lowest BCUT2D eigenvalue weighted by molar-refractivity contribution is 0.415. The van der Waals surface area contributed by atoms with E-state index in [9.17, 15) is 0 Å². The van der Waals surface area contributed by atoms with Crippen LogP contribution in [0.5, 0.6) is 5.75 Å². The predicted molar refractivity (Wildman–Crippen MR) is 88.6 cm³/mol. The van der Waals surface area contributed by atoms with Crippen LogP contribution in [0.4, 0.5) is 11.4 Å². The molecule has 2 aromatic rings. The molecule has 20 heavy (non-hydrogen) atoms. The number of hydrogen-bond donors (Lipinski definition) is 2. The zero-order valence-corrected chi connectivity index (χ0v) is 12.9. The third kappa shape index (κ3) is 3.33. The van der Waals surface area contributed by atoms with Crippen LogP contribution >= 0.6 is 35.4 Å². The Morgan fingerprint density at radius 1 is 1.15 bits per heavy atom. The molecular formula is C14H12Cl2N2OS. The van der Waals surface area contributed by atoms with E-state index in [0.717, 1.165) is 11.4 Å². The number of nitrogens with one attached hydrogen (secondary N) is 1. The van der Waals surface area contributed by atoms with Crippen molar-refractivity contribution in [3.8, 4) is 5.75 Å². The lowest BCUT2D eigenvalue weighted by Crippen LogP contribution is -2.09. The Kier molecular flexibility index (Phi) is 4.70. The number of rotatable bonds is 4. The average molecular weight is 327 g/mol. The molecule has 0 aliphatic carbocycles. The first-order chi connectivity index (χ1) is 9.51. The highest BCUT2D eigenvalue weighted by Crippen LogP contribution is 2.31. The number of ether oxygens (including phenoxy) is 1. The summed E-state index contributed by atoms with van der Waals surface area (Å²) in [6.45, 7) is 0. The topological polar surface area (TPSA) is 47.3 Å². The number of anilines is 2. The SMILES string of the molecule is COc1ccc(Cl)c(Nc2ccc(C(N)=S)c(Cl)c2)c1. The number of thiocarbonyl (C=S) groups is 1. The van der Waals surface area contributed by atoms with Gasteiger partial charge in [0.2, 0.25) is 0 Å². The Morgan fingerprint density at radius 2 is 1.90 bits per heavy atom. The second kappa shape index (κ2) is 6.31. The lowest BCUT2D eigenvalue weighted by atomic mass is 10.2. The molecule has 0 radical (unpaired) electrons. The fourth-order valence-corrected chi connectivity index (χ4v) is 2.36. The van der Waals surface area contributed by atoms with E-state index in [1.807, 2.05) is 6.07 Å². The van der Waals surface area contributed by atoms with E-state index in [4.69, 9.17) is 45.9 Å². The van der Waals surface area contributed by atoms with Gasteiger partial charge >= 0.3 is 0 Å². The zero-order chi connectivity index (χ0) is 14.7. The molecule has 0 unspecified atom stereocenters. The molecular weight excluding hydrogens is 315 g/mol. The molecule has 0 spiro atoms. The van der Waals surface area contributed by atoms with Crippen molar-refractivity contribution >= 4 is 51.8 Å². The molecule has 0 bridgehead atoms. The Balaban J connectivity index is 2.30. The normalized spacial score (nSPS) is 10.2. The van der Waals surface area contributed by atoms with Gasteiger partial charge in [-0.25, -0.2) is 0 Å². The van der Waals surface area contributed by atoms with Gasteiger partial charge in [0.25, 0.3) is 0 Å². The summed E-state index contributed by atoms with van der Waals surface area (Å²) >= 11 is 17.2. The number of nitrogens with two attached hydrogens (primary N) is 1. The van der Waals surface area contributed by atoms with E-state index < -0.39 is 0 Å². The van der Waals surface area contributed by atoms with E-state index in [-0.39, 0.29) is 4.99 Å². The highest BCUT2D eigenvalue weighted by molar-refractivity contribution is 7.80. The van der Waals surface area contributed by atoms with Gasteiger partial charge in [-0.3, -0.25) is 0 Å². The van der Waals surface area contributed by atoms with Crippen LogP contribution in [-0.2, 0) is 0 Å². The number of hydrogen-bond acceptors (Lipinski definition) is 3. The van der Waals surface area contributed by atoms with Gasteiger partial charge in [-0.1, -0.05) is 35.4 Å². The van der Waals surface area contributed by atoms with Crippen LogP contribution in [0.15, 0.2) is 36.4 Å². The van der Waals surface area contributed by atoms with Gasteiger partial charge in [0.15, 0.2) is 0 Å². The molecule has 6 heteroatoms. The lowest BCUT2D eigenvalue weighted by Gasteiger charge is -2.11. The molecule has 0 aliphatic heterocycles. The summed E-state index contributed by atoms with van der Waals surface area (Å²) in [5.41, 5.74) is 7.72. The van der Waals surface area contributed by atoms with Crippen molar-refractivity contribution in [2.24, 2.45) is 5.73 Å². The largest absolute Gasteiger partial charge is 0.497 e. The molecule has 0 heterocycles. The van der Waals surface area contributed by atoms with Crippen LogP contribution in [0.3, 0.4) is 0 Å². The maximum Gasteiger partial charge on any atom is 0.121 e. The summed E-state index contributed by atoms with van der Waals surface area (Å²) in [6, 6.07) is 10.7. The van der Waals surface area contributed by atoms with E-state index in [1.165, 1.54) is 0 Å². The molecule has 3 N–H and O–H groups in total. The van der Waals surface area contributed by atoms with Gasteiger partial charge in [0, 0.05) is 17.3 Å². The van der Waals surface area contributed by atoms with Gasteiger partial charge in [-0.2, -0.15) is 0 Å². The third-order valence-electron chi connectivity index (χ3n) is 2.69. The molecule has 104 valence electrons. The molecule has 0 fully saturated rings. The van der Waals surface area contributed by atoms with Gasteiger partial charge in [0.1, 0.15) is 10.7 Å². The minimum atomic E-state index is 0.265. The molecule has 0 aromatic heterocycles. The maximum atomic E-state index is 6.13. The van der Waals surface area contributed by atoms with Gasteiger partial charge in [-0.05, 0) is 30.3 Å². The second-order valence-electron chi connectivity index (χ2n) is 4.03. The van der Waals surface area contributed by atoms with E-state index in [2.05, 4.69) is 5.32 Å². The highest BCUT2D eigenvalue weighted by Gasteiger charge is 2.07. The summed E-state index contributed by atoms with van der Waals surface area (Å²) in [6.07, 6.45) is 0. The summed E-state index contributed by atoms with van der Waals surface area (Å²) < 4.78 is 5.16. The fourth-order valence-electron chi connectivity index (χ4n) is 1.68. The van der Waals surface area contributed by atoms with Gasteiger partial charge in [-0.15, -0.1) is 0 Å². The summed E-state index contributed by atoms with van der Waals surface area (Å²) in [5.74, 6) is 0.711. The van der Waals surface area contributed by atoms with Crippen molar-refractivity contribution in [1.82, 2.24) is 0 Å². The quantitative estimate of drug-likeness (QED) is 0.818. The van der Waals surface area contributed by atoms with Crippen LogP contribution in [0, 0.1) is 0 Å². The van der Waals surface area contributed by atoms with Crippen LogP contribution < -0.4 is 15.8 Å². The first-order valence-corrected chi connectivity index (χ1v) is 6.87. The van der Waals surface area contributed by atoms with Crippen LogP contribution in [0.25, 0.3) is 0 Å². The summed E-state index contributed by atoms with van der Waals surface area (Å²) in [4.78, 5) is 0.265. The molecule has 0 saturated heterocycles. The van der Waals surface area contributed by atoms with Gasteiger partial charge < -0.3 is 15.8 Å². The molecule has 0 amide bonds. The van der Waals surface area contributed by atoms with Crippen LogP contribution in [0.1, 0.15) is 5.56 Å². The Labute approximate surface area is 132 Å². The van der Waals surface area contributed by atoms with Crippen molar-refractivity contribution in [1.29, 1.82) is 0 Å². The molecule has 0 aliphatic rings. The predicted octanol–water partition coefficient (Wildman–Crippen LogP) is 4.38. The summed E-state index contributed by atoms with van der Waals surface area (Å²) in [5, 5.41) is 4.24. The number of benzene rings is 2. The standard InChI is InChI=1S/C14H12Cl2N2OS/c1-19-9-3-5-11(15)13(7-9)18-8-2-4-10(14(17)20)12(16)6-8/h2-7,18H,1H3,(H2,17,20). The van der Waals surface area contributed by atoms with Crippen LogP contribution in [-0.4, -0.2) is 12.1 Å². The first kappa shape index (κ1) is 14.9. The minimum Gasteiger partial charge on any atom is -0.497 e. The molecule has 2 rings (SSSR count). The third-order valence-corrected chi connectivity index (χ3v) is 3.55. The second-order valence-corrected chi connectivity index (χ2v) is 5.28. The maximum absolute atomic E-state index is 6.13. The Morgan fingerprint density at radius 3 is 2.50 bits per heavy atom. The van der Waals surface area contributed by atoms with Crippen molar-refractivity contribution < 1.29 is 4.74 Å². The number of methoxy groups -OCH3 is 1. The van der Waals surface area contributed by atoms with E-state index in [1.54, 1.807) is 37.4 Å². The van der Waals surface area contributed by atoms with Crippen molar-refractivity contribution in [3.05, 3.63) is 52.0 Å². The van der Waals surface area contributed by atoms with Crippen molar-refractivity contribution in [2.45, 2.75) is 0 Å². The fraction of sp³-hybridized carbons (Fsp3) is 0.0714. The van der Waals surface area contributed by atoms with E-state index >= 15 is 0 Å². The summed E-state index contributed by atoms with van der Waals surface area (Å²) in [7, 11) is 1.60. The van der Waals surface area contributed by atoms with Crippen molar-refractivity contribution in [2.75, 3.05) is 12.4 Å². The average Bonchev–Trinajstić information content (AvgIpc) is 2.41. The van der Waals surface area contributed by atoms with E-state index in [0.29, 0.717) is 21.4 Å². The monoisotopic (exact) mass is 326 g/mol. The Hall–Kier alpha value is -1.49. The van der Waals surface area contributed by atoms with Crippen LogP contribution in [0.2, 0.25) is 10.0 Å². The smallest absolute Gasteiger partial charge is 0.121 e. The van der Waals surface area contributed by atoms with Gasteiger partial charge in [0.05, 0.1) is 22.8 Å². The molecule has 0 atom stereocenters.